The molecule has 0 aromatic heterocycles. The Morgan fingerprint density at radius 3 is 0.926 bits per heavy atom. The van der Waals surface area contributed by atoms with E-state index in [9.17, 15) is 14.4 Å². The fourth-order valence-corrected chi connectivity index (χ4v) is 6.88. The van der Waals surface area contributed by atoms with Gasteiger partial charge >= 0.3 is 17.9 Å². The van der Waals surface area contributed by atoms with Crippen LogP contribution in [-0.2, 0) is 28.6 Å². The maximum Gasteiger partial charge on any atom is 0.306 e. The first-order valence-electron chi connectivity index (χ1n) is 27.2. The average Bonchev–Trinajstić information content (AvgIpc) is 3.34. The molecule has 0 aliphatic carbocycles. The molecule has 0 spiro atoms. The third-order valence-corrected chi connectivity index (χ3v) is 10.9. The molecule has 0 N–H and O–H groups in total. The number of ether oxygens (including phenoxy) is 3. The molecule has 0 heterocycles. The number of carbonyl (C=O) groups is 3. The summed E-state index contributed by atoms with van der Waals surface area (Å²) in [5.41, 5.74) is 0. The molecule has 0 radical (unpaired) electrons. The maximum absolute atomic E-state index is 12.8. The molecule has 1 unspecified atom stereocenters. The molecular formula is C62H98O6. The first-order valence-corrected chi connectivity index (χ1v) is 27.2. The van der Waals surface area contributed by atoms with Gasteiger partial charge in [0.2, 0.25) is 0 Å². The lowest BCUT2D eigenvalue weighted by Crippen LogP contribution is -2.30. The molecule has 1 atom stereocenters. The van der Waals surface area contributed by atoms with Crippen molar-refractivity contribution in [3.05, 3.63) is 134 Å². The molecule has 382 valence electrons. The van der Waals surface area contributed by atoms with Gasteiger partial charge in [-0.3, -0.25) is 14.4 Å². The lowest BCUT2D eigenvalue weighted by Gasteiger charge is -2.18. The molecule has 0 saturated heterocycles. The van der Waals surface area contributed by atoms with Crippen LogP contribution in [0.3, 0.4) is 0 Å². The lowest BCUT2D eigenvalue weighted by atomic mass is 10.1. The summed E-state index contributed by atoms with van der Waals surface area (Å²) in [6, 6.07) is 0. The van der Waals surface area contributed by atoms with E-state index in [1.807, 2.05) is 0 Å². The van der Waals surface area contributed by atoms with Crippen molar-refractivity contribution in [1.29, 1.82) is 0 Å². The zero-order valence-electron chi connectivity index (χ0n) is 43.6. The first kappa shape index (κ1) is 63.5. The van der Waals surface area contributed by atoms with Gasteiger partial charge in [0, 0.05) is 19.3 Å². The van der Waals surface area contributed by atoms with Crippen molar-refractivity contribution < 1.29 is 28.6 Å². The zero-order valence-corrected chi connectivity index (χ0v) is 43.6. The van der Waals surface area contributed by atoms with Gasteiger partial charge in [-0.15, -0.1) is 0 Å². The minimum absolute atomic E-state index is 0.102. The fraction of sp³-hybridized carbons (Fsp3) is 0.597. The number of hydrogen-bond donors (Lipinski definition) is 0. The third-order valence-electron chi connectivity index (χ3n) is 10.9. The van der Waals surface area contributed by atoms with Crippen LogP contribution in [0.1, 0.15) is 220 Å². The van der Waals surface area contributed by atoms with Gasteiger partial charge in [0.05, 0.1) is 0 Å². The van der Waals surface area contributed by atoms with Gasteiger partial charge in [0.1, 0.15) is 13.2 Å². The molecule has 0 bridgehead atoms. The van der Waals surface area contributed by atoms with Gasteiger partial charge in [-0.2, -0.15) is 0 Å². The summed E-state index contributed by atoms with van der Waals surface area (Å²) in [7, 11) is 0. The minimum Gasteiger partial charge on any atom is -0.462 e. The normalized spacial score (nSPS) is 13.2. The fourth-order valence-electron chi connectivity index (χ4n) is 6.88. The quantitative estimate of drug-likeness (QED) is 0.0262. The minimum atomic E-state index is -0.807. The number of hydrogen-bond acceptors (Lipinski definition) is 6. The molecule has 68 heavy (non-hydrogen) atoms. The van der Waals surface area contributed by atoms with Gasteiger partial charge < -0.3 is 14.2 Å². The Bertz CT molecular complexity index is 1500. The summed E-state index contributed by atoms with van der Waals surface area (Å²) in [5.74, 6) is -0.978. The van der Waals surface area contributed by atoms with Crippen LogP contribution in [0, 0.1) is 0 Å². The van der Waals surface area contributed by atoms with E-state index in [4.69, 9.17) is 14.2 Å². The first-order chi connectivity index (χ1) is 33.5. The number of carbonyl (C=O) groups excluding carboxylic acids is 3. The molecule has 0 saturated carbocycles. The van der Waals surface area contributed by atoms with E-state index in [1.54, 1.807) is 0 Å². The number of allylic oxidation sites excluding steroid dienone is 22. The van der Waals surface area contributed by atoms with Crippen molar-refractivity contribution >= 4 is 17.9 Å². The summed E-state index contributed by atoms with van der Waals surface area (Å²) < 4.78 is 16.7. The largest absolute Gasteiger partial charge is 0.462 e. The Morgan fingerprint density at radius 2 is 0.574 bits per heavy atom. The molecular weight excluding hydrogens is 841 g/mol. The summed E-state index contributed by atoms with van der Waals surface area (Å²) in [6.07, 6.45) is 77.4. The topological polar surface area (TPSA) is 78.9 Å². The summed E-state index contributed by atoms with van der Waals surface area (Å²) in [4.78, 5) is 37.9. The Kier molecular flexibility index (Phi) is 51.5. The van der Waals surface area contributed by atoms with Gasteiger partial charge in [-0.25, -0.2) is 0 Å². The Labute approximate surface area is 417 Å². The second-order valence-corrected chi connectivity index (χ2v) is 17.4. The summed E-state index contributed by atoms with van der Waals surface area (Å²) in [6.45, 7) is 6.31. The van der Waals surface area contributed by atoms with Gasteiger partial charge in [-0.1, -0.05) is 219 Å². The van der Waals surface area contributed by atoms with Gasteiger partial charge in [0.15, 0.2) is 6.10 Å². The van der Waals surface area contributed by atoms with Crippen LogP contribution in [0.25, 0.3) is 0 Å². The highest BCUT2D eigenvalue weighted by Crippen LogP contribution is 2.13. The SMILES string of the molecule is CC/C=C\C/C=C\C/C=C\C/C=C\C/C=C\C/C=C\C/C=C\C/C=C\CCCCC(=O)OCC(COC(=O)CCCCCCCCCC)OC(=O)CCCCCCC/C=C\C/C=C\C/C=C\CC. The van der Waals surface area contributed by atoms with E-state index in [1.165, 1.54) is 32.1 Å². The molecule has 0 aliphatic heterocycles. The van der Waals surface area contributed by atoms with E-state index in [-0.39, 0.29) is 31.1 Å². The van der Waals surface area contributed by atoms with E-state index in [0.29, 0.717) is 25.7 Å². The molecule has 0 aromatic carbocycles. The molecule has 0 amide bonds. The predicted octanol–water partition coefficient (Wildman–Crippen LogP) is 18.3. The lowest BCUT2D eigenvalue weighted by molar-refractivity contribution is -0.167. The number of esters is 3. The standard InChI is InChI=1S/C62H98O6/c1-4-7-10-13-16-19-21-23-25-26-27-28-29-30-31-32-33-34-35-36-38-39-41-43-46-49-52-55-61(64)67-58-59(57-66-60(63)54-51-48-45-18-15-12-9-6-3)68-62(65)56-53-50-47-44-42-40-37-24-22-20-17-14-11-8-5-2/h7-8,10-11,16-17,19-20,23-25,27-28,30-31,33-34,36-38,41,43,59H,4-6,9,12-15,18,21-22,26,29,32,35,39-40,42,44-58H2,1-3H3/b10-7-,11-8-,19-16-,20-17-,25-23-,28-27-,31-30-,34-33-,37-24-,38-36-,43-41-. The van der Waals surface area contributed by atoms with Gasteiger partial charge in [-0.05, 0) is 116 Å². The van der Waals surface area contributed by atoms with Crippen LogP contribution in [0.4, 0.5) is 0 Å². The second kappa shape index (κ2) is 55.1. The second-order valence-electron chi connectivity index (χ2n) is 17.4. The van der Waals surface area contributed by atoms with E-state index >= 15 is 0 Å². The Balaban J connectivity index is 4.37. The summed E-state index contributed by atoms with van der Waals surface area (Å²) in [5, 5.41) is 0. The molecule has 6 heteroatoms. The van der Waals surface area contributed by atoms with Crippen LogP contribution >= 0.6 is 0 Å². The van der Waals surface area contributed by atoms with Gasteiger partial charge in [0.25, 0.3) is 0 Å². The zero-order chi connectivity index (χ0) is 49.3. The average molecular weight is 939 g/mol. The maximum atomic E-state index is 12.8. The van der Waals surface area contributed by atoms with Crippen molar-refractivity contribution in [2.75, 3.05) is 13.2 Å². The van der Waals surface area contributed by atoms with Crippen molar-refractivity contribution in [3.63, 3.8) is 0 Å². The van der Waals surface area contributed by atoms with Crippen molar-refractivity contribution in [2.45, 2.75) is 226 Å². The highest BCUT2D eigenvalue weighted by Gasteiger charge is 2.19. The van der Waals surface area contributed by atoms with Crippen LogP contribution in [0.5, 0.6) is 0 Å². The van der Waals surface area contributed by atoms with Crippen LogP contribution < -0.4 is 0 Å². The van der Waals surface area contributed by atoms with Crippen LogP contribution in [-0.4, -0.2) is 37.2 Å². The van der Waals surface area contributed by atoms with E-state index < -0.39 is 6.10 Å². The highest BCUT2D eigenvalue weighted by atomic mass is 16.6. The highest BCUT2D eigenvalue weighted by molar-refractivity contribution is 5.71. The van der Waals surface area contributed by atoms with Crippen molar-refractivity contribution in [1.82, 2.24) is 0 Å². The van der Waals surface area contributed by atoms with E-state index in [0.717, 1.165) is 141 Å². The van der Waals surface area contributed by atoms with Crippen LogP contribution in [0.15, 0.2) is 134 Å². The Morgan fingerprint density at radius 1 is 0.309 bits per heavy atom. The predicted molar refractivity (Wildman–Crippen MR) is 292 cm³/mol. The smallest absolute Gasteiger partial charge is 0.306 e. The van der Waals surface area contributed by atoms with Crippen molar-refractivity contribution in [3.8, 4) is 0 Å². The third kappa shape index (κ3) is 52.5. The van der Waals surface area contributed by atoms with E-state index in [2.05, 4.69) is 154 Å². The molecule has 0 rings (SSSR count). The molecule has 0 aliphatic rings. The number of unbranched alkanes of at least 4 members (excludes halogenated alkanes) is 14. The van der Waals surface area contributed by atoms with Crippen molar-refractivity contribution in [2.24, 2.45) is 0 Å². The number of rotatable bonds is 47. The molecule has 0 fully saturated rings. The van der Waals surface area contributed by atoms with Crippen LogP contribution in [0.2, 0.25) is 0 Å². The molecule has 0 aromatic rings. The molecule has 6 nitrogen and oxygen atoms in total. The summed E-state index contributed by atoms with van der Waals surface area (Å²) >= 11 is 0. The Hall–Kier alpha value is -4.45. The monoisotopic (exact) mass is 939 g/mol.